The lowest BCUT2D eigenvalue weighted by atomic mass is 10.1. The molecule has 0 unspecified atom stereocenters. The third-order valence-electron chi connectivity index (χ3n) is 1.56. The van der Waals surface area contributed by atoms with E-state index in [1.807, 2.05) is 0 Å². The third-order valence-corrected chi connectivity index (χ3v) is 1.56. The van der Waals surface area contributed by atoms with Gasteiger partial charge in [0.15, 0.2) is 12.0 Å². The predicted molar refractivity (Wildman–Crippen MR) is 41.0 cm³/mol. The molecule has 0 atom stereocenters. The Kier molecular flexibility index (Phi) is 2.72. The van der Waals surface area contributed by atoms with Crippen molar-refractivity contribution in [3.05, 3.63) is 23.0 Å². The summed E-state index contributed by atoms with van der Waals surface area (Å²) in [5, 5.41) is 17.6. The van der Waals surface area contributed by atoms with Gasteiger partial charge in [0.05, 0.1) is 5.56 Å². The fourth-order valence-corrected chi connectivity index (χ4v) is 0.896. The van der Waals surface area contributed by atoms with Gasteiger partial charge in [0.25, 0.3) is 6.43 Å². The molecular formula is C8H4F2N2O2. The maximum absolute atomic E-state index is 12.2. The molecule has 4 nitrogen and oxygen atoms in total. The number of rotatable bonds is 2. The van der Waals surface area contributed by atoms with E-state index < -0.39 is 23.4 Å². The highest BCUT2D eigenvalue weighted by Crippen LogP contribution is 2.29. The van der Waals surface area contributed by atoms with Gasteiger partial charge in [-0.2, -0.15) is 5.26 Å². The second-order valence-corrected chi connectivity index (χ2v) is 2.35. The lowest BCUT2D eigenvalue weighted by Crippen LogP contribution is -1.97. The Labute approximate surface area is 77.4 Å². The quantitative estimate of drug-likeness (QED) is 0.729. The first kappa shape index (κ1) is 10.1. The van der Waals surface area contributed by atoms with Crippen LogP contribution < -0.4 is 0 Å². The standard InChI is InChI=1S/C8H4F2N2O2/c9-8(10)6-7(14)5(1-11)4(3-13)2-12-6/h2-3,8,14H. The van der Waals surface area contributed by atoms with Crippen LogP contribution in [-0.4, -0.2) is 16.4 Å². The van der Waals surface area contributed by atoms with Crippen molar-refractivity contribution in [3.63, 3.8) is 0 Å². The van der Waals surface area contributed by atoms with Gasteiger partial charge in [-0.3, -0.25) is 9.78 Å². The highest BCUT2D eigenvalue weighted by Gasteiger charge is 2.19. The highest BCUT2D eigenvalue weighted by atomic mass is 19.3. The van der Waals surface area contributed by atoms with Gasteiger partial charge in [-0.05, 0) is 0 Å². The number of aldehydes is 1. The van der Waals surface area contributed by atoms with E-state index in [-0.39, 0.29) is 11.8 Å². The molecule has 0 amide bonds. The summed E-state index contributed by atoms with van der Waals surface area (Å²) in [5.41, 5.74) is -1.59. The van der Waals surface area contributed by atoms with E-state index in [1.165, 1.54) is 6.07 Å². The van der Waals surface area contributed by atoms with Gasteiger partial charge in [0.1, 0.15) is 17.3 Å². The minimum absolute atomic E-state index is 0.214. The number of hydrogen-bond donors (Lipinski definition) is 1. The molecule has 72 valence electrons. The van der Waals surface area contributed by atoms with Crippen LogP contribution in [0.1, 0.15) is 28.0 Å². The van der Waals surface area contributed by atoms with Crippen LogP contribution in [0, 0.1) is 11.3 Å². The van der Waals surface area contributed by atoms with E-state index in [2.05, 4.69) is 4.98 Å². The molecule has 0 saturated carbocycles. The van der Waals surface area contributed by atoms with Crippen molar-refractivity contribution >= 4 is 6.29 Å². The largest absolute Gasteiger partial charge is 0.505 e. The predicted octanol–water partition coefficient (Wildman–Crippen LogP) is 1.41. The molecule has 1 heterocycles. The van der Waals surface area contributed by atoms with Gasteiger partial charge in [-0.1, -0.05) is 0 Å². The normalized spacial score (nSPS) is 9.86. The van der Waals surface area contributed by atoms with E-state index in [9.17, 15) is 13.6 Å². The lowest BCUT2D eigenvalue weighted by Gasteiger charge is -2.04. The first-order chi connectivity index (χ1) is 6.61. The van der Waals surface area contributed by atoms with E-state index in [0.29, 0.717) is 0 Å². The van der Waals surface area contributed by atoms with Crippen molar-refractivity contribution in [2.45, 2.75) is 6.43 Å². The molecular weight excluding hydrogens is 194 g/mol. The van der Waals surface area contributed by atoms with Crippen LogP contribution >= 0.6 is 0 Å². The summed E-state index contributed by atoms with van der Waals surface area (Å²) in [5.74, 6) is -0.938. The van der Waals surface area contributed by atoms with Gasteiger partial charge >= 0.3 is 0 Å². The van der Waals surface area contributed by atoms with Crippen molar-refractivity contribution in [3.8, 4) is 11.8 Å². The number of pyridine rings is 1. The van der Waals surface area contributed by atoms with Crippen LogP contribution in [0.15, 0.2) is 6.20 Å². The first-order valence-corrected chi connectivity index (χ1v) is 3.47. The summed E-state index contributed by atoms with van der Waals surface area (Å²) in [7, 11) is 0. The lowest BCUT2D eigenvalue weighted by molar-refractivity contribution is 0.112. The van der Waals surface area contributed by atoms with Crippen molar-refractivity contribution in [1.29, 1.82) is 5.26 Å². The average molecular weight is 198 g/mol. The zero-order valence-corrected chi connectivity index (χ0v) is 6.74. The maximum Gasteiger partial charge on any atom is 0.284 e. The fourth-order valence-electron chi connectivity index (χ4n) is 0.896. The van der Waals surface area contributed by atoms with Crippen LogP contribution in [0.4, 0.5) is 8.78 Å². The maximum atomic E-state index is 12.2. The van der Waals surface area contributed by atoms with E-state index in [4.69, 9.17) is 10.4 Å². The Balaban J connectivity index is 3.44. The molecule has 1 rings (SSSR count). The second kappa shape index (κ2) is 3.79. The molecule has 6 heteroatoms. The fraction of sp³-hybridized carbons (Fsp3) is 0.125. The average Bonchev–Trinajstić information content (AvgIpc) is 2.16. The van der Waals surface area contributed by atoms with Gasteiger partial charge in [-0.25, -0.2) is 8.78 Å². The molecule has 1 aromatic rings. The number of carbonyl (C=O) groups is 1. The van der Waals surface area contributed by atoms with E-state index in [1.54, 1.807) is 0 Å². The summed E-state index contributed by atoms with van der Waals surface area (Å²) < 4.78 is 24.3. The number of aromatic hydroxyl groups is 1. The smallest absolute Gasteiger partial charge is 0.284 e. The van der Waals surface area contributed by atoms with Gasteiger partial charge in [-0.15, -0.1) is 0 Å². The number of hydrogen-bond acceptors (Lipinski definition) is 4. The van der Waals surface area contributed by atoms with Crippen LogP contribution in [0.25, 0.3) is 0 Å². The molecule has 0 spiro atoms. The molecule has 0 fully saturated rings. The summed E-state index contributed by atoms with van der Waals surface area (Å²) in [6.45, 7) is 0. The Morgan fingerprint density at radius 1 is 1.64 bits per heavy atom. The molecule has 14 heavy (non-hydrogen) atoms. The molecule has 0 bridgehead atoms. The number of nitrogens with zero attached hydrogens (tertiary/aromatic N) is 2. The zero-order valence-electron chi connectivity index (χ0n) is 6.74. The molecule has 1 N–H and O–H groups in total. The number of nitriles is 1. The molecule has 1 aromatic heterocycles. The zero-order chi connectivity index (χ0) is 10.7. The summed E-state index contributed by atoms with van der Waals surface area (Å²) in [6.07, 6.45) is -1.89. The van der Waals surface area contributed by atoms with Crippen LogP contribution in [0.5, 0.6) is 5.75 Å². The molecule has 0 saturated heterocycles. The highest BCUT2D eigenvalue weighted by molar-refractivity contribution is 5.80. The first-order valence-electron chi connectivity index (χ1n) is 3.47. The Hall–Kier alpha value is -2.03. The Morgan fingerprint density at radius 2 is 2.29 bits per heavy atom. The van der Waals surface area contributed by atoms with Crippen molar-refractivity contribution in [2.24, 2.45) is 0 Å². The van der Waals surface area contributed by atoms with Crippen molar-refractivity contribution in [2.75, 3.05) is 0 Å². The van der Waals surface area contributed by atoms with Gasteiger partial charge in [0.2, 0.25) is 0 Å². The number of alkyl halides is 2. The second-order valence-electron chi connectivity index (χ2n) is 2.35. The number of halogens is 2. The number of aromatic nitrogens is 1. The SMILES string of the molecule is N#Cc1c(C=O)cnc(C(F)F)c1O. The van der Waals surface area contributed by atoms with E-state index in [0.717, 1.165) is 6.20 Å². The van der Waals surface area contributed by atoms with Crippen molar-refractivity contribution < 1.29 is 18.7 Å². The topological polar surface area (TPSA) is 74.0 Å². The van der Waals surface area contributed by atoms with Crippen LogP contribution in [0.2, 0.25) is 0 Å². The monoisotopic (exact) mass is 198 g/mol. The van der Waals surface area contributed by atoms with E-state index >= 15 is 0 Å². The minimum atomic E-state index is -2.98. The molecule has 0 aliphatic carbocycles. The summed E-state index contributed by atoms with van der Waals surface area (Å²) >= 11 is 0. The molecule has 0 aliphatic rings. The van der Waals surface area contributed by atoms with Crippen LogP contribution in [-0.2, 0) is 0 Å². The van der Waals surface area contributed by atoms with Gasteiger partial charge in [0, 0.05) is 6.20 Å². The minimum Gasteiger partial charge on any atom is -0.505 e. The van der Waals surface area contributed by atoms with Crippen LogP contribution in [0.3, 0.4) is 0 Å². The molecule has 0 aromatic carbocycles. The van der Waals surface area contributed by atoms with Gasteiger partial charge < -0.3 is 5.11 Å². The molecule has 0 aliphatic heterocycles. The third kappa shape index (κ3) is 1.52. The Bertz CT molecular complexity index is 413. The molecule has 0 radical (unpaired) electrons. The Morgan fingerprint density at radius 3 is 2.71 bits per heavy atom. The summed E-state index contributed by atoms with van der Waals surface area (Å²) in [6, 6.07) is 1.46. The number of carbonyl (C=O) groups excluding carboxylic acids is 1. The summed E-state index contributed by atoms with van der Waals surface area (Å²) in [4.78, 5) is 13.5. The van der Waals surface area contributed by atoms with Crippen molar-refractivity contribution in [1.82, 2.24) is 4.98 Å².